The van der Waals surface area contributed by atoms with Gasteiger partial charge in [0.15, 0.2) is 0 Å². The van der Waals surface area contributed by atoms with Crippen molar-refractivity contribution in [1.82, 2.24) is 4.90 Å². The van der Waals surface area contributed by atoms with E-state index in [1.54, 1.807) is 0 Å². The van der Waals surface area contributed by atoms with E-state index in [0.717, 1.165) is 38.2 Å². The van der Waals surface area contributed by atoms with Gasteiger partial charge >= 0.3 is 0 Å². The van der Waals surface area contributed by atoms with Gasteiger partial charge in [0.25, 0.3) is 0 Å². The van der Waals surface area contributed by atoms with Gasteiger partial charge in [0.05, 0.1) is 0 Å². The van der Waals surface area contributed by atoms with Crippen molar-refractivity contribution < 1.29 is 4.79 Å². The fourth-order valence-electron chi connectivity index (χ4n) is 3.05. The third kappa shape index (κ3) is 4.20. The molecule has 0 radical (unpaired) electrons. The van der Waals surface area contributed by atoms with Gasteiger partial charge in [-0.05, 0) is 41.7 Å². The molecule has 2 aromatic rings. The Bertz CT molecular complexity index is 664. The van der Waals surface area contributed by atoms with Gasteiger partial charge in [-0.25, -0.2) is 0 Å². The maximum atomic E-state index is 12.1. The predicted octanol–water partition coefficient (Wildman–Crippen LogP) is 3.64. The summed E-state index contributed by atoms with van der Waals surface area (Å²) in [6, 6.07) is 16.7. The van der Waals surface area contributed by atoms with Crippen LogP contribution in [0.3, 0.4) is 0 Å². The lowest BCUT2D eigenvalue weighted by molar-refractivity contribution is -0.116. The summed E-state index contributed by atoms with van der Waals surface area (Å²) in [4.78, 5) is 14.5. The van der Waals surface area contributed by atoms with Crippen molar-refractivity contribution >= 4 is 11.6 Å². The van der Waals surface area contributed by atoms with Crippen LogP contribution in [0.1, 0.15) is 30.0 Å². The maximum Gasteiger partial charge on any atom is 0.225 e. The van der Waals surface area contributed by atoms with Gasteiger partial charge in [-0.3, -0.25) is 9.69 Å². The standard InChI is InChI=1S/C20H24N2O/c1-2-16-7-9-19(10-8-16)21-20(23)12-14-22-13-11-17-5-3-4-6-18(17)15-22/h3-10H,2,11-15H2,1H3,(H,21,23). The summed E-state index contributed by atoms with van der Waals surface area (Å²) in [5.74, 6) is 0.0908. The van der Waals surface area contributed by atoms with E-state index >= 15 is 0 Å². The van der Waals surface area contributed by atoms with Crippen molar-refractivity contribution in [3.8, 4) is 0 Å². The zero-order chi connectivity index (χ0) is 16.1. The van der Waals surface area contributed by atoms with Gasteiger partial charge in [-0.2, -0.15) is 0 Å². The summed E-state index contributed by atoms with van der Waals surface area (Å²) in [6.07, 6.45) is 2.64. The highest BCUT2D eigenvalue weighted by Crippen LogP contribution is 2.18. The Hall–Kier alpha value is -2.13. The molecular weight excluding hydrogens is 284 g/mol. The van der Waals surface area contributed by atoms with Gasteiger partial charge in [-0.15, -0.1) is 0 Å². The van der Waals surface area contributed by atoms with Crippen LogP contribution in [0.2, 0.25) is 0 Å². The number of benzene rings is 2. The number of nitrogens with one attached hydrogen (secondary N) is 1. The van der Waals surface area contributed by atoms with E-state index in [2.05, 4.69) is 53.5 Å². The second-order valence-electron chi connectivity index (χ2n) is 6.14. The SMILES string of the molecule is CCc1ccc(NC(=O)CCN2CCc3ccccc3C2)cc1. The second-order valence-corrected chi connectivity index (χ2v) is 6.14. The fourth-order valence-corrected chi connectivity index (χ4v) is 3.05. The van der Waals surface area contributed by atoms with E-state index in [9.17, 15) is 4.79 Å². The molecule has 3 nitrogen and oxygen atoms in total. The molecule has 0 saturated carbocycles. The zero-order valence-electron chi connectivity index (χ0n) is 13.7. The Labute approximate surface area is 138 Å². The van der Waals surface area contributed by atoms with E-state index in [4.69, 9.17) is 0 Å². The minimum atomic E-state index is 0.0908. The molecule has 0 bridgehead atoms. The summed E-state index contributed by atoms with van der Waals surface area (Å²) in [5, 5.41) is 2.99. The molecular formula is C20H24N2O. The van der Waals surface area contributed by atoms with Gasteiger partial charge in [0.1, 0.15) is 0 Å². The molecule has 0 aliphatic carbocycles. The zero-order valence-corrected chi connectivity index (χ0v) is 13.7. The number of amides is 1. The quantitative estimate of drug-likeness (QED) is 0.914. The minimum Gasteiger partial charge on any atom is -0.326 e. The summed E-state index contributed by atoms with van der Waals surface area (Å²) < 4.78 is 0. The summed E-state index contributed by atoms with van der Waals surface area (Å²) >= 11 is 0. The van der Waals surface area contributed by atoms with Crippen LogP contribution in [-0.4, -0.2) is 23.9 Å². The first-order valence-corrected chi connectivity index (χ1v) is 8.42. The van der Waals surface area contributed by atoms with E-state index in [1.165, 1.54) is 16.7 Å². The molecule has 0 saturated heterocycles. The number of nitrogens with zero attached hydrogens (tertiary/aromatic N) is 1. The molecule has 3 rings (SSSR count). The topological polar surface area (TPSA) is 32.3 Å². The summed E-state index contributed by atoms with van der Waals surface area (Å²) in [5.41, 5.74) is 5.02. The molecule has 0 spiro atoms. The van der Waals surface area contributed by atoms with Crippen LogP contribution in [0.25, 0.3) is 0 Å². The van der Waals surface area contributed by atoms with Crippen LogP contribution in [-0.2, 0) is 24.2 Å². The van der Waals surface area contributed by atoms with Gasteiger partial charge in [-0.1, -0.05) is 43.3 Å². The highest BCUT2D eigenvalue weighted by Gasteiger charge is 2.16. The normalized spacial score (nSPS) is 14.3. The number of hydrogen-bond donors (Lipinski definition) is 1. The van der Waals surface area contributed by atoms with Crippen molar-refractivity contribution in [2.45, 2.75) is 32.7 Å². The monoisotopic (exact) mass is 308 g/mol. The van der Waals surface area contributed by atoms with E-state index < -0.39 is 0 Å². The third-order valence-corrected chi connectivity index (χ3v) is 4.51. The van der Waals surface area contributed by atoms with Crippen LogP contribution in [0.15, 0.2) is 48.5 Å². The Morgan fingerprint density at radius 3 is 2.57 bits per heavy atom. The Morgan fingerprint density at radius 1 is 1.09 bits per heavy atom. The van der Waals surface area contributed by atoms with Crippen LogP contribution in [0.5, 0.6) is 0 Å². The van der Waals surface area contributed by atoms with E-state index in [0.29, 0.717) is 6.42 Å². The van der Waals surface area contributed by atoms with E-state index in [-0.39, 0.29) is 5.91 Å². The number of fused-ring (bicyclic) bond motifs is 1. The molecule has 1 aliphatic rings. The molecule has 0 unspecified atom stereocenters. The summed E-state index contributed by atoms with van der Waals surface area (Å²) in [7, 11) is 0. The lowest BCUT2D eigenvalue weighted by Crippen LogP contribution is -2.33. The number of hydrogen-bond acceptors (Lipinski definition) is 2. The third-order valence-electron chi connectivity index (χ3n) is 4.51. The van der Waals surface area contributed by atoms with Crippen LogP contribution in [0.4, 0.5) is 5.69 Å². The minimum absolute atomic E-state index is 0.0908. The first-order chi connectivity index (χ1) is 11.2. The highest BCUT2D eigenvalue weighted by molar-refractivity contribution is 5.90. The number of carbonyl (C=O) groups is 1. The molecule has 120 valence electrons. The molecule has 1 amide bonds. The van der Waals surface area contributed by atoms with Gasteiger partial charge in [0.2, 0.25) is 5.91 Å². The van der Waals surface area contributed by atoms with Crippen molar-refractivity contribution in [2.24, 2.45) is 0 Å². The molecule has 0 aromatic heterocycles. The molecule has 1 N–H and O–H groups in total. The second kappa shape index (κ2) is 7.42. The number of anilines is 1. The van der Waals surface area contributed by atoms with Gasteiger partial charge < -0.3 is 5.32 Å². The Balaban J connectivity index is 1.47. The highest BCUT2D eigenvalue weighted by atomic mass is 16.1. The predicted molar refractivity (Wildman–Crippen MR) is 94.5 cm³/mol. The first kappa shape index (κ1) is 15.8. The molecule has 1 aliphatic heterocycles. The lowest BCUT2D eigenvalue weighted by Gasteiger charge is -2.28. The first-order valence-electron chi connectivity index (χ1n) is 8.42. The van der Waals surface area contributed by atoms with Crippen molar-refractivity contribution in [3.63, 3.8) is 0 Å². The van der Waals surface area contributed by atoms with Gasteiger partial charge in [0, 0.05) is 31.7 Å². The van der Waals surface area contributed by atoms with Crippen LogP contribution < -0.4 is 5.32 Å². The molecule has 0 fully saturated rings. The van der Waals surface area contributed by atoms with Crippen LogP contribution >= 0.6 is 0 Å². The smallest absolute Gasteiger partial charge is 0.225 e. The maximum absolute atomic E-state index is 12.1. The molecule has 23 heavy (non-hydrogen) atoms. The largest absolute Gasteiger partial charge is 0.326 e. The van der Waals surface area contributed by atoms with Crippen molar-refractivity contribution in [3.05, 3.63) is 65.2 Å². The molecule has 3 heteroatoms. The number of aryl methyl sites for hydroxylation is 1. The summed E-state index contributed by atoms with van der Waals surface area (Å²) in [6.45, 7) is 4.93. The number of rotatable bonds is 5. The Morgan fingerprint density at radius 2 is 1.83 bits per heavy atom. The number of carbonyl (C=O) groups excluding carboxylic acids is 1. The van der Waals surface area contributed by atoms with Crippen molar-refractivity contribution in [1.29, 1.82) is 0 Å². The van der Waals surface area contributed by atoms with Crippen LogP contribution in [0, 0.1) is 0 Å². The average molecular weight is 308 g/mol. The average Bonchev–Trinajstić information content (AvgIpc) is 2.60. The van der Waals surface area contributed by atoms with Crippen molar-refractivity contribution in [2.75, 3.05) is 18.4 Å². The molecule has 2 aromatic carbocycles. The lowest BCUT2D eigenvalue weighted by atomic mass is 10.00. The van der Waals surface area contributed by atoms with E-state index in [1.807, 2.05) is 12.1 Å². The fraction of sp³-hybridized carbons (Fsp3) is 0.350. The molecule has 1 heterocycles. The molecule has 0 atom stereocenters. The Kier molecular flexibility index (Phi) is 5.09.